The van der Waals surface area contributed by atoms with Crippen molar-refractivity contribution in [3.63, 3.8) is 0 Å². The van der Waals surface area contributed by atoms with Crippen LogP contribution in [-0.2, 0) is 0 Å². The van der Waals surface area contributed by atoms with Gasteiger partial charge in [0.15, 0.2) is 0 Å². The summed E-state index contributed by atoms with van der Waals surface area (Å²) in [4.78, 5) is 13.8. The molecule has 1 aliphatic heterocycles. The van der Waals surface area contributed by atoms with Crippen molar-refractivity contribution in [2.75, 3.05) is 19.6 Å². The molecular formula is C14H26N2O2. The summed E-state index contributed by atoms with van der Waals surface area (Å²) in [5, 5.41) is 12.7. The van der Waals surface area contributed by atoms with E-state index in [0.29, 0.717) is 12.0 Å². The van der Waals surface area contributed by atoms with Gasteiger partial charge >= 0.3 is 6.03 Å². The molecule has 0 radical (unpaired) electrons. The summed E-state index contributed by atoms with van der Waals surface area (Å²) < 4.78 is 0. The predicted octanol–water partition coefficient (Wildman–Crippen LogP) is 2.12. The molecule has 0 spiro atoms. The summed E-state index contributed by atoms with van der Waals surface area (Å²) in [5.41, 5.74) is 0.374. The van der Waals surface area contributed by atoms with Crippen LogP contribution in [0.3, 0.4) is 0 Å². The Bertz CT molecular complexity index is 290. The van der Waals surface area contributed by atoms with E-state index in [1.165, 1.54) is 32.1 Å². The second-order valence-corrected chi connectivity index (χ2v) is 6.00. The molecule has 2 N–H and O–H groups in total. The van der Waals surface area contributed by atoms with Gasteiger partial charge in [-0.1, -0.05) is 19.8 Å². The summed E-state index contributed by atoms with van der Waals surface area (Å²) in [6.07, 6.45) is 7.62. The van der Waals surface area contributed by atoms with Gasteiger partial charge in [-0.25, -0.2) is 4.79 Å². The highest BCUT2D eigenvalue weighted by Gasteiger charge is 2.36. The maximum Gasteiger partial charge on any atom is 0.317 e. The van der Waals surface area contributed by atoms with Crippen molar-refractivity contribution < 1.29 is 9.90 Å². The fourth-order valence-electron chi connectivity index (χ4n) is 3.24. The quantitative estimate of drug-likeness (QED) is 0.807. The fourth-order valence-corrected chi connectivity index (χ4v) is 3.24. The molecule has 1 saturated carbocycles. The number of nitrogens with zero attached hydrogens (tertiary/aromatic N) is 1. The molecular weight excluding hydrogens is 228 g/mol. The number of rotatable bonds is 4. The molecule has 2 fully saturated rings. The molecule has 0 aromatic heterocycles. The molecule has 0 bridgehead atoms. The van der Waals surface area contributed by atoms with E-state index in [9.17, 15) is 9.90 Å². The number of hydrogen-bond acceptors (Lipinski definition) is 2. The number of β-amino-alcohol motifs (C(OH)–C–C–N with tert-alkyl or cyclic N) is 1. The first-order chi connectivity index (χ1) is 8.65. The maximum atomic E-state index is 12.0. The van der Waals surface area contributed by atoms with Gasteiger partial charge in [-0.15, -0.1) is 0 Å². The van der Waals surface area contributed by atoms with Crippen molar-refractivity contribution in [2.24, 2.45) is 5.41 Å². The van der Waals surface area contributed by atoms with Crippen LogP contribution in [0.1, 0.15) is 51.9 Å². The average Bonchev–Trinajstić information content (AvgIpc) is 2.32. The minimum atomic E-state index is -0.335. The maximum absolute atomic E-state index is 12.0. The molecule has 1 heterocycles. The van der Waals surface area contributed by atoms with Crippen LogP contribution in [0.4, 0.5) is 4.79 Å². The molecule has 0 aromatic rings. The Kier molecular flexibility index (Phi) is 4.49. The Morgan fingerprint density at radius 3 is 2.78 bits per heavy atom. The van der Waals surface area contributed by atoms with Crippen LogP contribution in [0.5, 0.6) is 0 Å². The molecule has 0 aromatic carbocycles. The number of amides is 2. The summed E-state index contributed by atoms with van der Waals surface area (Å²) in [7, 11) is 0. The molecule has 4 heteroatoms. The number of piperidine rings is 1. The average molecular weight is 254 g/mol. The van der Waals surface area contributed by atoms with Gasteiger partial charge in [0.2, 0.25) is 0 Å². The molecule has 1 saturated heterocycles. The van der Waals surface area contributed by atoms with Crippen molar-refractivity contribution in [1.29, 1.82) is 0 Å². The van der Waals surface area contributed by atoms with Crippen LogP contribution in [0.15, 0.2) is 0 Å². The minimum absolute atomic E-state index is 0.0103. The number of urea groups is 1. The van der Waals surface area contributed by atoms with Crippen molar-refractivity contribution >= 4 is 6.03 Å². The highest BCUT2D eigenvalue weighted by molar-refractivity contribution is 5.74. The van der Waals surface area contributed by atoms with E-state index in [4.69, 9.17) is 0 Å². The van der Waals surface area contributed by atoms with E-state index in [1.54, 1.807) is 4.90 Å². The molecule has 2 rings (SSSR count). The van der Waals surface area contributed by atoms with E-state index >= 15 is 0 Å². The molecule has 104 valence electrons. The Morgan fingerprint density at radius 2 is 2.22 bits per heavy atom. The van der Waals surface area contributed by atoms with E-state index in [1.807, 2.05) is 0 Å². The van der Waals surface area contributed by atoms with Crippen LogP contribution < -0.4 is 5.32 Å². The third kappa shape index (κ3) is 3.16. The zero-order valence-corrected chi connectivity index (χ0v) is 11.5. The van der Waals surface area contributed by atoms with Crippen LogP contribution in [0.25, 0.3) is 0 Å². The Hall–Kier alpha value is -0.770. The molecule has 4 nitrogen and oxygen atoms in total. The van der Waals surface area contributed by atoms with Gasteiger partial charge in [-0.3, -0.25) is 0 Å². The molecule has 18 heavy (non-hydrogen) atoms. The largest absolute Gasteiger partial charge is 0.391 e. The highest BCUT2D eigenvalue weighted by atomic mass is 16.3. The molecule has 1 unspecified atom stereocenters. The molecule has 2 amide bonds. The van der Waals surface area contributed by atoms with Gasteiger partial charge in [0.05, 0.1) is 6.10 Å². The SMILES string of the molecule is CCCC1(CNC(=O)N2CCCC(O)C2)CCC1. The zero-order chi connectivity index (χ0) is 13.0. The second kappa shape index (κ2) is 5.91. The number of nitrogens with one attached hydrogen (secondary N) is 1. The molecule has 1 atom stereocenters. The lowest BCUT2D eigenvalue weighted by Gasteiger charge is -2.42. The van der Waals surface area contributed by atoms with Crippen LogP contribution in [-0.4, -0.2) is 41.8 Å². The summed E-state index contributed by atoms with van der Waals surface area (Å²) in [5.74, 6) is 0. The fraction of sp³-hybridized carbons (Fsp3) is 0.929. The normalized spacial score (nSPS) is 26.6. The topological polar surface area (TPSA) is 52.6 Å². The number of hydrogen-bond donors (Lipinski definition) is 2. The molecule has 1 aliphatic carbocycles. The number of likely N-dealkylation sites (tertiary alicyclic amines) is 1. The lowest BCUT2D eigenvalue weighted by atomic mass is 9.66. The smallest absolute Gasteiger partial charge is 0.317 e. The van der Waals surface area contributed by atoms with E-state index in [0.717, 1.165) is 25.9 Å². The van der Waals surface area contributed by atoms with Gasteiger partial charge in [-0.05, 0) is 37.5 Å². The van der Waals surface area contributed by atoms with Crippen LogP contribution in [0, 0.1) is 5.41 Å². The van der Waals surface area contributed by atoms with E-state index in [2.05, 4.69) is 12.2 Å². The van der Waals surface area contributed by atoms with Crippen molar-refractivity contribution in [2.45, 2.75) is 58.0 Å². The Morgan fingerprint density at radius 1 is 1.44 bits per heavy atom. The second-order valence-electron chi connectivity index (χ2n) is 6.00. The number of aliphatic hydroxyl groups excluding tert-OH is 1. The minimum Gasteiger partial charge on any atom is -0.391 e. The summed E-state index contributed by atoms with van der Waals surface area (Å²) >= 11 is 0. The number of aliphatic hydroxyl groups is 1. The molecule has 2 aliphatic rings. The Labute approximate surface area is 110 Å². The zero-order valence-electron chi connectivity index (χ0n) is 11.5. The van der Waals surface area contributed by atoms with E-state index in [-0.39, 0.29) is 12.1 Å². The van der Waals surface area contributed by atoms with Gasteiger partial charge in [0.25, 0.3) is 0 Å². The summed E-state index contributed by atoms with van der Waals surface area (Å²) in [6.45, 7) is 4.30. The van der Waals surface area contributed by atoms with Gasteiger partial charge in [0, 0.05) is 19.6 Å². The van der Waals surface area contributed by atoms with Crippen molar-refractivity contribution in [3.8, 4) is 0 Å². The van der Waals surface area contributed by atoms with Crippen LogP contribution in [0.2, 0.25) is 0 Å². The third-order valence-corrected chi connectivity index (χ3v) is 4.49. The highest BCUT2D eigenvalue weighted by Crippen LogP contribution is 2.44. The standard InChI is InChI=1S/C14H26N2O2/c1-2-6-14(7-4-8-14)11-15-13(18)16-9-3-5-12(17)10-16/h12,17H,2-11H2,1H3,(H,15,18). The van der Waals surface area contributed by atoms with E-state index < -0.39 is 0 Å². The summed E-state index contributed by atoms with van der Waals surface area (Å²) in [6, 6.07) is 0.0103. The first-order valence-corrected chi connectivity index (χ1v) is 7.36. The van der Waals surface area contributed by atoms with Gasteiger partial charge < -0.3 is 15.3 Å². The van der Waals surface area contributed by atoms with Crippen molar-refractivity contribution in [1.82, 2.24) is 10.2 Å². The lowest BCUT2D eigenvalue weighted by Crippen LogP contribution is -2.50. The number of carbonyl (C=O) groups is 1. The number of carbonyl (C=O) groups excluding carboxylic acids is 1. The van der Waals surface area contributed by atoms with Gasteiger partial charge in [-0.2, -0.15) is 0 Å². The first-order valence-electron chi connectivity index (χ1n) is 7.36. The van der Waals surface area contributed by atoms with Gasteiger partial charge in [0.1, 0.15) is 0 Å². The lowest BCUT2D eigenvalue weighted by molar-refractivity contribution is 0.0776. The Balaban J connectivity index is 1.77. The predicted molar refractivity (Wildman–Crippen MR) is 71.4 cm³/mol. The third-order valence-electron chi connectivity index (χ3n) is 4.49. The van der Waals surface area contributed by atoms with Crippen LogP contribution >= 0.6 is 0 Å². The van der Waals surface area contributed by atoms with Crippen molar-refractivity contribution in [3.05, 3.63) is 0 Å². The first kappa shape index (κ1) is 13.7. The monoisotopic (exact) mass is 254 g/mol.